The van der Waals surface area contributed by atoms with Crippen LogP contribution in [0.1, 0.15) is 19.2 Å². The first kappa shape index (κ1) is 12.4. The standard InChI is InChI=1S/C13H16N2O3/c1-4-5-12-14-9-7-11(18-3)10(17-2)6-8(9)13(16)15-12/h6-7H,4-5H2,1-3H3,(H,14,15,16). The first-order chi connectivity index (χ1) is 8.69. The van der Waals surface area contributed by atoms with Gasteiger partial charge in [-0.05, 0) is 12.5 Å². The largest absolute Gasteiger partial charge is 0.493 e. The van der Waals surface area contributed by atoms with E-state index in [0.29, 0.717) is 28.2 Å². The summed E-state index contributed by atoms with van der Waals surface area (Å²) >= 11 is 0. The third kappa shape index (κ3) is 2.16. The average Bonchev–Trinajstić information content (AvgIpc) is 2.37. The third-order valence-electron chi connectivity index (χ3n) is 2.75. The van der Waals surface area contributed by atoms with Crippen molar-refractivity contribution in [3.8, 4) is 11.5 Å². The number of benzene rings is 1. The quantitative estimate of drug-likeness (QED) is 0.897. The summed E-state index contributed by atoms with van der Waals surface area (Å²) in [6.45, 7) is 2.04. The molecular weight excluding hydrogens is 232 g/mol. The van der Waals surface area contributed by atoms with Gasteiger partial charge in [0.05, 0.1) is 25.1 Å². The van der Waals surface area contributed by atoms with Crippen LogP contribution in [0.2, 0.25) is 0 Å². The predicted octanol–water partition coefficient (Wildman–Crippen LogP) is 1.89. The van der Waals surface area contributed by atoms with Gasteiger partial charge in [-0.2, -0.15) is 0 Å². The van der Waals surface area contributed by atoms with E-state index >= 15 is 0 Å². The average molecular weight is 248 g/mol. The molecular formula is C13H16N2O3. The predicted molar refractivity (Wildman–Crippen MR) is 69.5 cm³/mol. The molecule has 0 spiro atoms. The smallest absolute Gasteiger partial charge is 0.258 e. The van der Waals surface area contributed by atoms with Gasteiger partial charge in [-0.15, -0.1) is 0 Å². The maximum atomic E-state index is 12.0. The summed E-state index contributed by atoms with van der Waals surface area (Å²) in [5.74, 6) is 1.80. The van der Waals surface area contributed by atoms with Crippen LogP contribution < -0.4 is 15.0 Å². The monoisotopic (exact) mass is 248 g/mol. The van der Waals surface area contributed by atoms with Gasteiger partial charge >= 0.3 is 0 Å². The number of methoxy groups -OCH3 is 2. The summed E-state index contributed by atoms with van der Waals surface area (Å²) in [5, 5.41) is 0.507. The van der Waals surface area contributed by atoms with Gasteiger partial charge in [0, 0.05) is 12.5 Å². The molecule has 0 radical (unpaired) electrons. The van der Waals surface area contributed by atoms with Crippen LogP contribution in [0.4, 0.5) is 0 Å². The maximum absolute atomic E-state index is 12.0. The number of hydrogen-bond donors (Lipinski definition) is 1. The number of hydrogen-bond acceptors (Lipinski definition) is 4. The van der Waals surface area contributed by atoms with Crippen molar-refractivity contribution < 1.29 is 9.47 Å². The summed E-state index contributed by atoms with van der Waals surface area (Å²) < 4.78 is 10.4. The molecule has 1 heterocycles. The molecule has 18 heavy (non-hydrogen) atoms. The van der Waals surface area contributed by atoms with Crippen LogP contribution in [0, 0.1) is 0 Å². The zero-order chi connectivity index (χ0) is 13.1. The number of aryl methyl sites for hydroxylation is 1. The van der Waals surface area contributed by atoms with E-state index in [-0.39, 0.29) is 5.56 Å². The Kier molecular flexibility index (Phi) is 3.50. The van der Waals surface area contributed by atoms with Gasteiger partial charge in [-0.3, -0.25) is 4.79 Å². The Bertz CT molecular complexity index is 619. The maximum Gasteiger partial charge on any atom is 0.258 e. The van der Waals surface area contributed by atoms with E-state index in [1.165, 1.54) is 7.11 Å². The lowest BCUT2D eigenvalue weighted by Crippen LogP contribution is -2.12. The van der Waals surface area contributed by atoms with Crippen LogP contribution in [0.15, 0.2) is 16.9 Å². The fourth-order valence-corrected chi connectivity index (χ4v) is 1.87. The van der Waals surface area contributed by atoms with Crippen molar-refractivity contribution in [3.05, 3.63) is 28.3 Å². The van der Waals surface area contributed by atoms with Crippen LogP contribution in [-0.4, -0.2) is 24.2 Å². The minimum Gasteiger partial charge on any atom is -0.493 e. The molecule has 2 aromatic rings. The van der Waals surface area contributed by atoms with Crippen LogP contribution >= 0.6 is 0 Å². The molecule has 0 saturated heterocycles. The fourth-order valence-electron chi connectivity index (χ4n) is 1.87. The Labute approximate surface area is 105 Å². The summed E-state index contributed by atoms with van der Waals surface area (Å²) in [5.41, 5.74) is 0.476. The van der Waals surface area contributed by atoms with E-state index in [1.807, 2.05) is 6.92 Å². The van der Waals surface area contributed by atoms with E-state index in [9.17, 15) is 4.79 Å². The number of fused-ring (bicyclic) bond motifs is 1. The second-order valence-electron chi connectivity index (χ2n) is 3.99. The molecule has 1 aromatic carbocycles. The summed E-state index contributed by atoms with van der Waals surface area (Å²) in [7, 11) is 3.10. The second kappa shape index (κ2) is 5.08. The van der Waals surface area contributed by atoms with Crippen LogP contribution in [-0.2, 0) is 6.42 Å². The van der Waals surface area contributed by atoms with Crippen molar-refractivity contribution in [2.45, 2.75) is 19.8 Å². The number of aromatic nitrogens is 2. The molecule has 0 aliphatic carbocycles. The molecule has 0 bridgehead atoms. The Morgan fingerprint density at radius 1 is 1.22 bits per heavy atom. The summed E-state index contributed by atoms with van der Waals surface area (Å²) in [4.78, 5) is 19.1. The molecule has 0 aliphatic rings. The highest BCUT2D eigenvalue weighted by molar-refractivity contribution is 5.81. The molecule has 1 aromatic heterocycles. The molecule has 0 atom stereocenters. The third-order valence-corrected chi connectivity index (χ3v) is 2.75. The van der Waals surface area contributed by atoms with Crippen LogP contribution in [0.5, 0.6) is 11.5 Å². The highest BCUT2D eigenvalue weighted by Gasteiger charge is 2.10. The van der Waals surface area contributed by atoms with E-state index in [0.717, 1.165) is 12.8 Å². The van der Waals surface area contributed by atoms with Gasteiger partial charge in [-0.25, -0.2) is 4.98 Å². The fraction of sp³-hybridized carbons (Fsp3) is 0.385. The Morgan fingerprint density at radius 3 is 2.50 bits per heavy atom. The highest BCUT2D eigenvalue weighted by atomic mass is 16.5. The van der Waals surface area contributed by atoms with Gasteiger partial charge in [-0.1, -0.05) is 6.92 Å². The SMILES string of the molecule is CCCc1nc2cc(OC)c(OC)cc2c(=O)[nH]1. The molecule has 0 saturated carbocycles. The van der Waals surface area contributed by atoms with Crippen LogP contribution in [0.25, 0.3) is 10.9 Å². The van der Waals surface area contributed by atoms with Gasteiger partial charge in [0.25, 0.3) is 5.56 Å². The van der Waals surface area contributed by atoms with E-state index in [1.54, 1.807) is 19.2 Å². The normalized spacial score (nSPS) is 10.6. The minimum atomic E-state index is -0.149. The van der Waals surface area contributed by atoms with Crippen molar-refractivity contribution in [1.29, 1.82) is 0 Å². The molecule has 0 aliphatic heterocycles. The van der Waals surface area contributed by atoms with E-state index in [4.69, 9.17) is 9.47 Å². The van der Waals surface area contributed by atoms with Crippen LogP contribution in [0.3, 0.4) is 0 Å². The van der Waals surface area contributed by atoms with Crippen molar-refractivity contribution >= 4 is 10.9 Å². The Morgan fingerprint density at radius 2 is 1.89 bits per heavy atom. The molecule has 5 heteroatoms. The van der Waals surface area contributed by atoms with Gasteiger partial charge < -0.3 is 14.5 Å². The molecule has 0 unspecified atom stereocenters. The van der Waals surface area contributed by atoms with Crippen molar-refractivity contribution in [1.82, 2.24) is 9.97 Å². The minimum absolute atomic E-state index is 0.149. The Hall–Kier alpha value is -2.04. The highest BCUT2D eigenvalue weighted by Crippen LogP contribution is 2.29. The number of ether oxygens (including phenoxy) is 2. The van der Waals surface area contributed by atoms with Gasteiger partial charge in [0.1, 0.15) is 5.82 Å². The Balaban J connectivity index is 2.68. The number of H-pyrrole nitrogens is 1. The lowest BCUT2D eigenvalue weighted by molar-refractivity contribution is 0.355. The lowest BCUT2D eigenvalue weighted by Gasteiger charge is -2.09. The van der Waals surface area contributed by atoms with Crippen molar-refractivity contribution in [3.63, 3.8) is 0 Å². The van der Waals surface area contributed by atoms with E-state index in [2.05, 4.69) is 9.97 Å². The number of nitrogens with zero attached hydrogens (tertiary/aromatic N) is 1. The molecule has 0 fully saturated rings. The number of nitrogens with one attached hydrogen (secondary N) is 1. The molecule has 5 nitrogen and oxygen atoms in total. The lowest BCUT2D eigenvalue weighted by atomic mass is 10.2. The van der Waals surface area contributed by atoms with E-state index < -0.39 is 0 Å². The second-order valence-corrected chi connectivity index (χ2v) is 3.99. The first-order valence-electron chi connectivity index (χ1n) is 5.84. The number of rotatable bonds is 4. The topological polar surface area (TPSA) is 64.2 Å². The summed E-state index contributed by atoms with van der Waals surface area (Å²) in [6.07, 6.45) is 1.68. The first-order valence-corrected chi connectivity index (χ1v) is 5.84. The van der Waals surface area contributed by atoms with Gasteiger partial charge in [0.15, 0.2) is 11.5 Å². The molecule has 96 valence electrons. The van der Waals surface area contributed by atoms with Crippen molar-refractivity contribution in [2.24, 2.45) is 0 Å². The zero-order valence-corrected chi connectivity index (χ0v) is 10.7. The van der Waals surface area contributed by atoms with Crippen molar-refractivity contribution in [2.75, 3.05) is 14.2 Å². The number of aromatic amines is 1. The summed E-state index contributed by atoms with van der Waals surface area (Å²) in [6, 6.07) is 3.37. The molecule has 1 N–H and O–H groups in total. The molecule has 0 amide bonds. The zero-order valence-electron chi connectivity index (χ0n) is 10.7. The molecule has 2 rings (SSSR count). The van der Waals surface area contributed by atoms with Gasteiger partial charge in [0.2, 0.25) is 0 Å².